The van der Waals surface area contributed by atoms with Gasteiger partial charge in [-0.3, -0.25) is 4.79 Å². The molecule has 2 nitrogen and oxygen atoms in total. The smallest absolute Gasteiger partial charge is 0.252 e. The fourth-order valence-electron chi connectivity index (χ4n) is 1.52. The summed E-state index contributed by atoms with van der Waals surface area (Å²) >= 11 is 4.95. The van der Waals surface area contributed by atoms with E-state index in [1.165, 1.54) is 0 Å². The number of carbonyl (C=O) groups is 1. The van der Waals surface area contributed by atoms with Crippen LogP contribution in [-0.2, 0) is 0 Å². The summed E-state index contributed by atoms with van der Waals surface area (Å²) in [5, 5.41) is 6.80. The Morgan fingerprint density at radius 2 is 2.19 bits per heavy atom. The zero-order valence-corrected chi connectivity index (χ0v) is 11.1. The molecule has 0 aliphatic heterocycles. The fraction of sp³-hybridized carbons (Fsp3) is 0.250. The summed E-state index contributed by atoms with van der Waals surface area (Å²) in [5.74, 6) is 0.0263. The van der Waals surface area contributed by atoms with Crippen LogP contribution in [-0.4, -0.2) is 17.8 Å². The SMILES string of the molecule is O=C(NCCCBr)c1csc2ccccc12. The summed E-state index contributed by atoms with van der Waals surface area (Å²) in [4.78, 5) is 11.9. The van der Waals surface area contributed by atoms with Crippen molar-refractivity contribution in [2.45, 2.75) is 6.42 Å². The molecule has 2 rings (SSSR count). The van der Waals surface area contributed by atoms with Gasteiger partial charge in [0, 0.05) is 27.3 Å². The van der Waals surface area contributed by atoms with E-state index in [1.54, 1.807) is 11.3 Å². The van der Waals surface area contributed by atoms with Crippen LogP contribution in [0, 0.1) is 0 Å². The highest BCUT2D eigenvalue weighted by Crippen LogP contribution is 2.25. The van der Waals surface area contributed by atoms with Gasteiger partial charge in [0.15, 0.2) is 0 Å². The summed E-state index contributed by atoms with van der Waals surface area (Å²) < 4.78 is 1.16. The molecule has 1 amide bonds. The van der Waals surface area contributed by atoms with E-state index >= 15 is 0 Å². The number of nitrogens with one attached hydrogen (secondary N) is 1. The minimum Gasteiger partial charge on any atom is -0.352 e. The second-order valence-corrected chi connectivity index (χ2v) is 5.15. The third-order valence-electron chi connectivity index (χ3n) is 2.32. The first-order valence-corrected chi connectivity index (χ1v) is 7.13. The standard InChI is InChI=1S/C12H12BrNOS/c13-6-3-7-14-12(15)10-8-16-11-5-2-1-4-9(10)11/h1-2,4-5,8H,3,6-7H2,(H,14,15). The molecule has 16 heavy (non-hydrogen) atoms. The third kappa shape index (κ3) is 2.44. The molecular weight excluding hydrogens is 286 g/mol. The maximum Gasteiger partial charge on any atom is 0.252 e. The molecule has 0 radical (unpaired) electrons. The molecule has 0 unspecified atom stereocenters. The molecule has 1 aromatic carbocycles. The minimum absolute atomic E-state index is 0.0263. The lowest BCUT2D eigenvalue weighted by molar-refractivity contribution is 0.0956. The number of carbonyl (C=O) groups excluding carboxylic acids is 1. The maximum atomic E-state index is 11.9. The molecule has 84 valence electrons. The molecule has 0 fully saturated rings. The molecule has 1 aromatic heterocycles. The highest BCUT2D eigenvalue weighted by molar-refractivity contribution is 9.09. The zero-order chi connectivity index (χ0) is 11.4. The van der Waals surface area contributed by atoms with E-state index in [-0.39, 0.29) is 5.91 Å². The van der Waals surface area contributed by atoms with Gasteiger partial charge >= 0.3 is 0 Å². The monoisotopic (exact) mass is 297 g/mol. The largest absolute Gasteiger partial charge is 0.352 e. The predicted molar refractivity (Wildman–Crippen MR) is 72.6 cm³/mol. The Kier molecular flexibility index (Phi) is 3.96. The van der Waals surface area contributed by atoms with Gasteiger partial charge in [-0.1, -0.05) is 34.1 Å². The second-order valence-electron chi connectivity index (χ2n) is 3.44. The van der Waals surface area contributed by atoms with Gasteiger partial charge in [-0.2, -0.15) is 0 Å². The van der Waals surface area contributed by atoms with E-state index in [2.05, 4.69) is 21.2 Å². The van der Waals surface area contributed by atoms with Crippen LogP contribution in [0.25, 0.3) is 10.1 Å². The Hall–Kier alpha value is -0.870. The lowest BCUT2D eigenvalue weighted by Crippen LogP contribution is -2.24. The van der Waals surface area contributed by atoms with Gasteiger partial charge in [0.1, 0.15) is 0 Å². The van der Waals surface area contributed by atoms with Gasteiger partial charge < -0.3 is 5.32 Å². The van der Waals surface area contributed by atoms with Gasteiger partial charge in [0.2, 0.25) is 0 Å². The van der Waals surface area contributed by atoms with Crippen molar-refractivity contribution >= 4 is 43.3 Å². The van der Waals surface area contributed by atoms with Crippen LogP contribution in [0.1, 0.15) is 16.8 Å². The molecule has 0 saturated heterocycles. The average Bonchev–Trinajstić information content (AvgIpc) is 2.73. The maximum absolute atomic E-state index is 11.9. The predicted octanol–water partition coefficient (Wildman–Crippen LogP) is 3.42. The van der Waals surface area contributed by atoms with Crippen molar-refractivity contribution < 1.29 is 4.79 Å². The molecule has 0 aliphatic rings. The summed E-state index contributed by atoms with van der Waals surface area (Å²) in [5.41, 5.74) is 0.787. The summed E-state index contributed by atoms with van der Waals surface area (Å²) in [6, 6.07) is 7.98. The van der Waals surface area contributed by atoms with Crippen LogP contribution in [0.3, 0.4) is 0 Å². The number of hydrogen-bond donors (Lipinski definition) is 1. The van der Waals surface area contributed by atoms with E-state index in [1.807, 2.05) is 29.6 Å². The Balaban J connectivity index is 2.17. The Morgan fingerprint density at radius 3 is 3.00 bits per heavy atom. The molecule has 1 heterocycles. The highest BCUT2D eigenvalue weighted by Gasteiger charge is 2.10. The lowest BCUT2D eigenvalue weighted by Gasteiger charge is -2.02. The van der Waals surface area contributed by atoms with Gasteiger partial charge in [-0.05, 0) is 12.5 Å². The molecule has 0 saturated carbocycles. The van der Waals surface area contributed by atoms with Gasteiger partial charge in [0.25, 0.3) is 5.91 Å². The van der Waals surface area contributed by atoms with Gasteiger partial charge in [-0.25, -0.2) is 0 Å². The van der Waals surface area contributed by atoms with Crippen LogP contribution in [0.4, 0.5) is 0 Å². The van der Waals surface area contributed by atoms with E-state index in [4.69, 9.17) is 0 Å². The minimum atomic E-state index is 0.0263. The second kappa shape index (κ2) is 5.46. The van der Waals surface area contributed by atoms with E-state index in [9.17, 15) is 4.79 Å². The average molecular weight is 298 g/mol. The molecule has 1 N–H and O–H groups in total. The lowest BCUT2D eigenvalue weighted by atomic mass is 10.1. The molecule has 0 aliphatic carbocycles. The van der Waals surface area contributed by atoms with Crippen molar-refractivity contribution in [2.24, 2.45) is 0 Å². The number of hydrogen-bond acceptors (Lipinski definition) is 2. The first-order valence-electron chi connectivity index (χ1n) is 5.13. The van der Waals surface area contributed by atoms with Gasteiger partial charge in [-0.15, -0.1) is 11.3 Å². The van der Waals surface area contributed by atoms with E-state index in [0.29, 0.717) is 6.54 Å². The highest BCUT2D eigenvalue weighted by atomic mass is 79.9. The first kappa shape index (κ1) is 11.6. The summed E-state index contributed by atoms with van der Waals surface area (Å²) in [6.45, 7) is 0.717. The molecule has 4 heteroatoms. The topological polar surface area (TPSA) is 29.1 Å². The number of amides is 1. The van der Waals surface area contributed by atoms with E-state index in [0.717, 1.165) is 27.4 Å². The van der Waals surface area contributed by atoms with Crippen LogP contribution in [0.15, 0.2) is 29.6 Å². The van der Waals surface area contributed by atoms with Crippen LogP contribution >= 0.6 is 27.3 Å². The van der Waals surface area contributed by atoms with Crippen molar-refractivity contribution in [2.75, 3.05) is 11.9 Å². The molecular formula is C12H12BrNOS. The third-order valence-corrected chi connectivity index (χ3v) is 3.85. The molecule has 0 bridgehead atoms. The van der Waals surface area contributed by atoms with Crippen molar-refractivity contribution in [3.63, 3.8) is 0 Å². The molecule has 2 aromatic rings. The van der Waals surface area contributed by atoms with Crippen LogP contribution < -0.4 is 5.32 Å². The molecule has 0 atom stereocenters. The quantitative estimate of drug-likeness (QED) is 0.680. The number of halogens is 1. The van der Waals surface area contributed by atoms with Crippen molar-refractivity contribution in [3.05, 3.63) is 35.2 Å². The first-order chi connectivity index (χ1) is 7.83. The van der Waals surface area contributed by atoms with Crippen molar-refractivity contribution in [1.82, 2.24) is 5.32 Å². The van der Waals surface area contributed by atoms with Crippen LogP contribution in [0.5, 0.6) is 0 Å². The van der Waals surface area contributed by atoms with Gasteiger partial charge in [0.05, 0.1) is 5.56 Å². The van der Waals surface area contributed by atoms with Crippen molar-refractivity contribution in [1.29, 1.82) is 0 Å². The normalized spacial score (nSPS) is 10.6. The number of rotatable bonds is 4. The number of fused-ring (bicyclic) bond motifs is 1. The molecule has 0 spiro atoms. The summed E-state index contributed by atoms with van der Waals surface area (Å²) in [6.07, 6.45) is 0.952. The number of benzene rings is 1. The Labute approximate surface area is 107 Å². The fourth-order valence-corrected chi connectivity index (χ4v) is 2.74. The zero-order valence-electron chi connectivity index (χ0n) is 8.70. The van der Waals surface area contributed by atoms with Crippen molar-refractivity contribution in [3.8, 4) is 0 Å². The summed E-state index contributed by atoms with van der Waals surface area (Å²) in [7, 11) is 0. The Morgan fingerprint density at radius 1 is 1.38 bits per heavy atom. The number of alkyl halides is 1. The Bertz CT molecular complexity index is 494. The van der Waals surface area contributed by atoms with E-state index < -0.39 is 0 Å². The number of thiophene rings is 1. The van der Waals surface area contributed by atoms with Crippen LogP contribution in [0.2, 0.25) is 0 Å².